The lowest BCUT2D eigenvalue weighted by atomic mass is 10.2. The van der Waals surface area contributed by atoms with Gasteiger partial charge in [0.15, 0.2) is 0 Å². The minimum absolute atomic E-state index is 0.710. The minimum Gasteiger partial charge on any atom is -0.222 e. The van der Waals surface area contributed by atoms with Crippen molar-refractivity contribution in [2.75, 3.05) is 0 Å². The quantitative estimate of drug-likeness (QED) is 0.745. The summed E-state index contributed by atoms with van der Waals surface area (Å²) in [4.78, 5) is 0. The first-order valence-electron chi connectivity index (χ1n) is 5.87. The minimum atomic E-state index is 0.710. The van der Waals surface area contributed by atoms with Crippen molar-refractivity contribution in [2.45, 2.75) is 26.2 Å². The molecule has 0 spiro atoms. The van der Waals surface area contributed by atoms with E-state index in [-0.39, 0.29) is 0 Å². The molecule has 3 rings (SSSR count). The number of benzene rings is 1. The fourth-order valence-electron chi connectivity index (χ4n) is 2.38. The molecular formula is C14H13N3. The molecule has 0 unspecified atom stereocenters. The summed E-state index contributed by atoms with van der Waals surface area (Å²) in [5.74, 6) is 0. The van der Waals surface area contributed by atoms with Crippen LogP contribution in [0.15, 0.2) is 24.3 Å². The molecule has 84 valence electrons. The molecule has 0 bridgehead atoms. The van der Waals surface area contributed by atoms with E-state index >= 15 is 0 Å². The third kappa shape index (κ3) is 1.53. The Morgan fingerprint density at radius 3 is 2.71 bits per heavy atom. The van der Waals surface area contributed by atoms with Crippen molar-refractivity contribution < 1.29 is 0 Å². The van der Waals surface area contributed by atoms with E-state index in [4.69, 9.17) is 0 Å². The Balaban J connectivity index is 2.16. The molecule has 0 aliphatic heterocycles. The SMILES string of the molecule is Cc1ccc(-n2nc3c(c2C#N)CCC3)cc1. The van der Waals surface area contributed by atoms with Crippen LogP contribution in [0, 0.1) is 18.3 Å². The standard InChI is InChI=1S/C14H13N3/c1-10-5-7-11(8-6-10)17-14(9-15)12-3-2-4-13(12)16-17/h5-8H,2-4H2,1H3. The van der Waals surface area contributed by atoms with Crippen LogP contribution in [-0.2, 0) is 12.8 Å². The Labute approximate surface area is 100 Å². The lowest BCUT2D eigenvalue weighted by molar-refractivity contribution is 0.792. The summed E-state index contributed by atoms with van der Waals surface area (Å²) in [6, 6.07) is 10.4. The summed E-state index contributed by atoms with van der Waals surface area (Å²) < 4.78 is 1.78. The maximum atomic E-state index is 9.28. The van der Waals surface area contributed by atoms with Gasteiger partial charge < -0.3 is 0 Å². The summed E-state index contributed by atoms with van der Waals surface area (Å²) in [5, 5.41) is 13.8. The fourth-order valence-corrected chi connectivity index (χ4v) is 2.38. The molecule has 0 amide bonds. The van der Waals surface area contributed by atoms with Crippen LogP contribution in [0.4, 0.5) is 0 Å². The predicted octanol–water partition coefficient (Wildman–Crippen LogP) is 2.54. The van der Waals surface area contributed by atoms with Gasteiger partial charge in [-0.2, -0.15) is 10.4 Å². The Kier molecular flexibility index (Phi) is 2.22. The van der Waals surface area contributed by atoms with Crippen LogP contribution in [-0.4, -0.2) is 9.78 Å². The van der Waals surface area contributed by atoms with Gasteiger partial charge in [0, 0.05) is 5.56 Å². The largest absolute Gasteiger partial charge is 0.222 e. The highest BCUT2D eigenvalue weighted by Gasteiger charge is 2.22. The highest BCUT2D eigenvalue weighted by atomic mass is 15.3. The molecule has 3 heteroatoms. The molecule has 17 heavy (non-hydrogen) atoms. The van der Waals surface area contributed by atoms with E-state index in [0.717, 1.165) is 36.2 Å². The van der Waals surface area contributed by atoms with Crippen LogP contribution in [0.1, 0.15) is 28.9 Å². The second kappa shape index (κ2) is 3.74. The molecule has 0 N–H and O–H groups in total. The number of aryl methyl sites for hydroxylation is 2. The van der Waals surface area contributed by atoms with Gasteiger partial charge in [0.25, 0.3) is 0 Å². The Bertz CT molecular complexity index is 600. The van der Waals surface area contributed by atoms with E-state index in [2.05, 4.69) is 18.1 Å². The van der Waals surface area contributed by atoms with Crippen molar-refractivity contribution >= 4 is 0 Å². The monoisotopic (exact) mass is 223 g/mol. The Morgan fingerprint density at radius 1 is 1.24 bits per heavy atom. The van der Waals surface area contributed by atoms with E-state index in [1.54, 1.807) is 4.68 Å². The van der Waals surface area contributed by atoms with Crippen LogP contribution in [0.25, 0.3) is 5.69 Å². The van der Waals surface area contributed by atoms with Gasteiger partial charge in [-0.15, -0.1) is 0 Å². The first kappa shape index (κ1) is 10.1. The molecular weight excluding hydrogens is 210 g/mol. The van der Waals surface area contributed by atoms with Gasteiger partial charge in [-0.3, -0.25) is 0 Å². The number of nitrogens with zero attached hydrogens (tertiary/aromatic N) is 3. The van der Waals surface area contributed by atoms with Gasteiger partial charge in [-0.25, -0.2) is 4.68 Å². The van der Waals surface area contributed by atoms with Crippen molar-refractivity contribution in [1.29, 1.82) is 5.26 Å². The third-order valence-corrected chi connectivity index (χ3v) is 3.29. The molecule has 1 heterocycles. The molecule has 0 saturated carbocycles. The van der Waals surface area contributed by atoms with Crippen molar-refractivity contribution in [3.05, 3.63) is 46.8 Å². The normalized spacial score (nSPS) is 13.4. The predicted molar refractivity (Wildman–Crippen MR) is 65.0 cm³/mol. The number of hydrogen-bond acceptors (Lipinski definition) is 2. The molecule has 1 aromatic heterocycles. The van der Waals surface area contributed by atoms with Gasteiger partial charge in [0.1, 0.15) is 11.8 Å². The van der Waals surface area contributed by atoms with Gasteiger partial charge in [0.05, 0.1) is 11.4 Å². The first-order chi connectivity index (χ1) is 8.29. The van der Waals surface area contributed by atoms with Crippen LogP contribution in [0.3, 0.4) is 0 Å². The smallest absolute Gasteiger partial charge is 0.147 e. The van der Waals surface area contributed by atoms with Crippen molar-refractivity contribution in [1.82, 2.24) is 9.78 Å². The second-order valence-electron chi connectivity index (χ2n) is 4.49. The maximum absolute atomic E-state index is 9.28. The molecule has 0 saturated heterocycles. The van der Waals surface area contributed by atoms with Crippen molar-refractivity contribution in [3.8, 4) is 11.8 Å². The first-order valence-corrected chi connectivity index (χ1v) is 5.87. The summed E-state index contributed by atoms with van der Waals surface area (Å²) in [6.07, 6.45) is 3.12. The van der Waals surface area contributed by atoms with Gasteiger partial charge in [-0.1, -0.05) is 17.7 Å². The molecule has 2 aromatic rings. The molecule has 0 radical (unpaired) electrons. The highest BCUT2D eigenvalue weighted by Crippen LogP contribution is 2.26. The number of hydrogen-bond donors (Lipinski definition) is 0. The van der Waals surface area contributed by atoms with Gasteiger partial charge in [-0.05, 0) is 38.3 Å². The Hall–Kier alpha value is -2.08. The van der Waals surface area contributed by atoms with E-state index in [9.17, 15) is 5.26 Å². The summed E-state index contributed by atoms with van der Waals surface area (Å²) >= 11 is 0. The van der Waals surface area contributed by atoms with Gasteiger partial charge >= 0.3 is 0 Å². The average Bonchev–Trinajstić information content (AvgIpc) is 2.89. The summed E-state index contributed by atoms with van der Waals surface area (Å²) in [6.45, 7) is 2.05. The number of nitriles is 1. The lowest BCUT2D eigenvalue weighted by Crippen LogP contribution is -2.01. The third-order valence-electron chi connectivity index (χ3n) is 3.29. The number of aromatic nitrogens is 2. The van der Waals surface area contributed by atoms with E-state index < -0.39 is 0 Å². The average molecular weight is 223 g/mol. The summed E-state index contributed by atoms with van der Waals surface area (Å²) in [7, 11) is 0. The lowest BCUT2D eigenvalue weighted by Gasteiger charge is -2.04. The molecule has 0 atom stereocenters. The second-order valence-corrected chi connectivity index (χ2v) is 4.49. The number of fused-ring (bicyclic) bond motifs is 1. The zero-order valence-corrected chi connectivity index (χ0v) is 9.77. The topological polar surface area (TPSA) is 41.6 Å². The van der Waals surface area contributed by atoms with Crippen LogP contribution < -0.4 is 0 Å². The zero-order chi connectivity index (χ0) is 11.8. The molecule has 1 aliphatic rings. The molecule has 1 aromatic carbocycles. The molecule has 0 fully saturated rings. The summed E-state index contributed by atoms with van der Waals surface area (Å²) in [5.41, 5.74) is 5.14. The maximum Gasteiger partial charge on any atom is 0.147 e. The van der Waals surface area contributed by atoms with Gasteiger partial charge in [0.2, 0.25) is 0 Å². The van der Waals surface area contributed by atoms with Crippen molar-refractivity contribution in [3.63, 3.8) is 0 Å². The number of rotatable bonds is 1. The highest BCUT2D eigenvalue weighted by molar-refractivity contribution is 5.45. The van der Waals surface area contributed by atoms with Crippen LogP contribution in [0.5, 0.6) is 0 Å². The zero-order valence-electron chi connectivity index (χ0n) is 9.77. The van der Waals surface area contributed by atoms with Crippen molar-refractivity contribution in [2.24, 2.45) is 0 Å². The van der Waals surface area contributed by atoms with Crippen LogP contribution >= 0.6 is 0 Å². The fraction of sp³-hybridized carbons (Fsp3) is 0.286. The Morgan fingerprint density at radius 2 is 2.00 bits per heavy atom. The molecule has 1 aliphatic carbocycles. The molecule has 3 nitrogen and oxygen atoms in total. The van der Waals surface area contributed by atoms with E-state index in [1.165, 1.54) is 5.56 Å². The van der Waals surface area contributed by atoms with Crippen LogP contribution in [0.2, 0.25) is 0 Å². The van der Waals surface area contributed by atoms with E-state index in [0.29, 0.717) is 5.69 Å². The van der Waals surface area contributed by atoms with E-state index in [1.807, 2.05) is 24.3 Å².